The van der Waals surface area contributed by atoms with Crippen LogP contribution in [0.3, 0.4) is 0 Å². The van der Waals surface area contributed by atoms with Gasteiger partial charge in [-0.15, -0.1) is 0 Å². The number of amides is 1. The number of rotatable bonds is 3. The maximum Gasteiger partial charge on any atom is 0.272 e. The van der Waals surface area contributed by atoms with Crippen LogP contribution < -0.4 is 5.32 Å². The number of benzene rings is 1. The number of carbonyl (C=O) groups excluding carboxylic acids is 1. The van der Waals surface area contributed by atoms with Gasteiger partial charge in [0.05, 0.1) is 5.69 Å². The number of aryl methyl sites for hydroxylation is 2. The topological polar surface area (TPSA) is 50.2 Å². The molecule has 1 aliphatic heterocycles. The standard InChI is InChI=1S/C18H23FN4O/c1-12-4-5-15(11-16(12)19)23-13(2)10-17(21-23)18(24)20-14-6-8-22(3)9-7-14/h4-5,10-11,14H,6-9H2,1-3H3,(H,20,24). The van der Waals surface area contributed by atoms with Gasteiger partial charge in [-0.25, -0.2) is 9.07 Å². The van der Waals surface area contributed by atoms with E-state index in [1.807, 2.05) is 6.92 Å². The van der Waals surface area contributed by atoms with Crippen molar-refractivity contribution in [1.29, 1.82) is 0 Å². The van der Waals surface area contributed by atoms with Gasteiger partial charge in [0.1, 0.15) is 5.82 Å². The van der Waals surface area contributed by atoms with Gasteiger partial charge in [0.15, 0.2) is 5.69 Å². The molecule has 0 radical (unpaired) electrons. The molecule has 2 heterocycles. The number of likely N-dealkylation sites (tertiary alicyclic amines) is 1. The lowest BCUT2D eigenvalue weighted by Gasteiger charge is -2.29. The van der Waals surface area contributed by atoms with E-state index in [4.69, 9.17) is 0 Å². The molecule has 1 aromatic carbocycles. The van der Waals surface area contributed by atoms with Gasteiger partial charge >= 0.3 is 0 Å². The molecule has 1 amide bonds. The Morgan fingerprint density at radius 1 is 1.25 bits per heavy atom. The summed E-state index contributed by atoms with van der Waals surface area (Å²) in [6.45, 7) is 5.55. The molecule has 0 spiro atoms. The molecular weight excluding hydrogens is 307 g/mol. The Bertz CT molecular complexity index is 747. The first-order valence-corrected chi connectivity index (χ1v) is 8.26. The molecule has 5 nitrogen and oxygen atoms in total. The lowest BCUT2D eigenvalue weighted by Crippen LogP contribution is -2.43. The van der Waals surface area contributed by atoms with Crippen LogP contribution in [0.25, 0.3) is 5.69 Å². The molecule has 0 aliphatic carbocycles. The highest BCUT2D eigenvalue weighted by atomic mass is 19.1. The van der Waals surface area contributed by atoms with Crippen LogP contribution in [0.2, 0.25) is 0 Å². The number of halogens is 1. The number of carbonyl (C=O) groups is 1. The summed E-state index contributed by atoms with van der Waals surface area (Å²) in [5, 5.41) is 7.41. The maximum atomic E-state index is 13.8. The second-order valence-corrected chi connectivity index (χ2v) is 6.57. The summed E-state index contributed by atoms with van der Waals surface area (Å²) < 4.78 is 15.4. The summed E-state index contributed by atoms with van der Waals surface area (Å²) in [6, 6.07) is 6.88. The number of aromatic nitrogens is 2. The molecule has 6 heteroatoms. The molecule has 1 aliphatic rings. The third kappa shape index (κ3) is 3.48. The summed E-state index contributed by atoms with van der Waals surface area (Å²) in [5.74, 6) is -0.446. The van der Waals surface area contributed by atoms with Crippen molar-refractivity contribution in [2.24, 2.45) is 0 Å². The first-order chi connectivity index (χ1) is 11.4. The Morgan fingerprint density at radius 3 is 2.62 bits per heavy atom. The molecule has 0 atom stereocenters. The lowest BCUT2D eigenvalue weighted by atomic mass is 10.1. The van der Waals surface area contributed by atoms with Crippen molar-refractivity contribution in [2.75, 3.05) is 20.1 Å². The minimum atomic E-state index is -0.278. The normalized spacial score (nSPS) is 16.3. The third-order valence-electron chi connectivity index (χ3n) is 4.57. The largest absolute Gasteiger partial charge is 0.348 e. The van der Waals surface area contributed by atoms with E-state index in [9.17, 15) is 9.18 Å². The number of piperidine rings is 1. The second kappa shape index (κ2) is 6.73. The zero-order valence-electron chi connectivity index (χ0n) is 14.3. The van der Waals surface area contributed by atoms with Gasteiger partial charge in [-0.2, -0.15) is 5.10 Å². The van der Waals surface area contributed by atoms with E-state index in [0.717, 1.165) is 31.6 Å². The van der Waals surface area contributed by atoms with Crippen molar-refractivity contribution in [3.63, 3.8) is 0 Å². The van der Waals surface area contributed by atoms with Crippen LogP contribution in [0.1, 0.15) is 34.6 Å². The molecule has 0 unspecified atom stereocenters. The highest BCUT2D eigenvalue weighted by Crippen LogP contribution is 2.16. The average Bonchev–Trinajstić information content (AvgIpc) is 2.94. The number of hydrogen-bond acceptors (Lipinski definition) is 3. The Labute approximate surface area is 141 Å². The molecule has 0 saturated carbocycles. The van der Waals surface area contributed by atoms with Crippen molar-refractivity contribution < 1.29 is 9.18 Å². The van der Waals surface area contributed by atoms with E-state index in [-0.39, 0.29) is 17.8 Å². The summed E-state index contributed by atoms with van der Waals surface area (Å²) in [5.41, 5.74) is 2.37. The van der Waals surface area contributed by atoms with Gasteiger partial charge in [0, 0.05) is 11.7 Å². The molecule has 3 rings (SSSR count). The molecule has 2 aromatic rings. The van der Waals surface area contributed by atoms with Crippen LogP contribution >= 0.6 is 0 Å². The molecule has 24 heavy (non-hydrogen) atoms. The van der Waals surface area contributed by atoms with Crippen molar-refractivity contribution in [1.82, 2.24) is 20.0 Å². The molecule has 0 bridgehead atoms. The Kier molecular flexibility index (Phi) is 4.66. The van der Waals surface area contributed by atoms with Crippen molar-refractivity contribution in [2.45, 2.75) is 32.7 Å². The molecule has 1 aromatic heterocycles. The zero-order valence-corrected chi connectivity index (χ0v) is 14.3. The van der Waals surface area contributed by atoms with Gasteiger partial charge in [0.2, 0.25) is 0 Å². The lowest BCUT2D eigenvalue weighted by molar-refractivity contribution is 0.0911. The highest BCUT2D eigenvalue weighted by molar-refractivity contribution is 5.92. The molecule has 128 valence electrons. The predicted molar refractivity (Wildman–Crippen MR) is 91.0 cm³/mol. The van der Waals surface area contributed by atoms with Crippen LogP contribution in [0.4, 0.5) is 4.39 Å². The average molecular weight is 330 g/mol. The van der Waals surface area contributed by atoms with Crippen LogP contribution in [0, 0.1) is 19.7 Å². The summed E-state index contributed by atoms with van der Waals surface area (Å²) >= 11 is 0. The highest BCUT2D eigenvalue weighted by Gasteiger charge is 2.21. The number of hydrogen-bond donors (Lipinski definition) is 1. The van der Waals surface area contributed by atoms with E-state index in [1.54, 1.807) is 29.8 Å². The number of nitrogens with zero attached hydrogens (tertiary/aromatic N) is 3. The fraction of sp³-hybridized carbons (Fsp3) is 0.444. The quantitative estimate of drug-likeness (QED) is 0.940. The Hall–Kier alpha value is -2.21. The van der Waals surface area contributed by atoms with E-state index < -0.39 is 0 Å². The first-order valence-electron chi connectivity index (χ1n) is 8.26. The van der Waals surface area contributed by atoms with Gasteiger partial charge in [-0.05, 0) is 70.6 Å². The van der Waals surface area contributed by atoms with Crippen molar-refractivity contribution in [3.8, 4) is 5.69 Å². The maximum absolute atomic E-state index is 13.8. The van der Waals surface area contributed by atoms with E-state index >= 15 is 0 Å². The van der Waals surface area contributed by atoms with Gasteiger partial charge in [-0.3, -0.25) is 4.79 Å². The molecular formula is C18H23FN4O. The van der Waals surface area contributed by atoms with Crippen molar-refractivity contribution >= 4 is 5.91 Å². The zero-order chi connectivity index (χ0) is 17.3. The second-order valence-electron chi connectivity index (χ2n) is 6.57. The minimum Gasteiger partial charge on any atom is -0.348 e. The number of nitrogens with one attached hydrogen (secondary N) is 1. The van der Waals surface area contributed by atoms with E-state index in [1.165, 1.54) is 6.07 Å². The monoisotopic (exact) mass is 330 g/mol. The Balaban J connectivity index is 1.75. The molecule has 1 fully saturated rings. The summed E-state index contributed by atoms with van der Waals surface area (Å²) in [7, 11) is 2.09. The molecule has 1 saturated heterocycles. The van der Waals surface area contributed by atoms with Crippen LogP contribution in [-0.4, -0.2) is 46.8 Å². The summed E-state index contributed by atoms with van der Waals surface area (Å²) in [4.78, 5) is 14.7. The SMILES string of the molecule is Cc1ccc(-n2nc(C(=O)NC3CCN(C)CC3)cc2C)cc1F. The smallest absolute Gasteiger partial charge is 0.272 e. The first kappa shape index (κ1) is 16.6. The van der Waals surface area contributed by atoms with E-state index in [2.05, 4.69) is 22.4 Å². The fourth-order valence-electron chi connectivity index (χ4n) is 2.97. The Morgan fingerprint density at radius 2 is 1.96 bits per heavy atom. The van der Waals surface area contributed by atoms with Gasteiger partial charge < -0.3 is 10.2 Å². The molecule has 1 N–H and O–H groups in total. The fourth-order valence-corrected chi connectivity index (χ4v) is 2.97. The van der Waals surface area contributed by atoms with Crippen LogP contribution in [0.15, 0.2) is 24.3 Å². The van der Waals surface area contributed by atoms with Crippen LogP contribution in [-0.2, 0) is 0 Å². The third-order valence-corrected chi connectivity index (χ3v) is 4.57. The minimum absolute atomic E-state index is 0.168. The summed E-state index contributed by atoms with van der Waals surface area (Å²) in [6.07, 6.45) is 1.90. The van der Waals surface area contributed by atoms with Gasteiger partial charge in [-0.1, -0.05) is 6.07 Å². The van der Waals surface area contributed by atoms with E-state index in [0.29, 0.717) is 16.9 Å². The van der Waals surface area contributed by atoms with Crippen LogP contribution in [0.5, 0.6) is 0 Å². The predicted octanol–water partition coefficient (Wildman–Crippen LogP) is 2.45. The van der Waals surface area contributed by atoms with Gasteiger partial charge in [0.25, 0.3) is 5.91 Å². The van der Waals surface area contributed by atoms with Crippen molar-refractivity contribution in [3.05, 3.63) is 47.0 Å².